The molecule has 1 unspecified atom stereocenters. The first-order valence-electron chi connectivity index (χ1n) is 15.9. The number of carboxylic acids is 1. The number of nitrogens with zero attached hydrogens (tertiary/aromatic N) is 2. The van der Waals surface area contributed by atoms with E-state index < -0.39 is 53.0 Å². The summed E-state index contributed by atoms with van der Waals surface area (Å²) in [5.74, 6) is -16.8. The zero-order valence-electron chi connectivity index (χ0n) is 27.6. The molecule has 4 rings (SSSR count). The van der Waals surface area contributed by atoms with E-state index in [9.17, 15) is 36.7 Å². The van der Waals surface area contributed by atoms with Crippen LogP contribution in [0.4, 0.5) is 28.0 Å². The van der Waals surface area contributed by atoms with Crippen LogP contribution in [0.5, 0.6) is 0 Å². The molecule has 1 atom stereocenters. The van der Waals surface area contributed by atoms with Gasteiger partial charge >= 0.3 is 23.9 Å². The van der Waals surface area contributed by atoms with Crippen LogP contribution in [0, 0.1) is 17.8 Å². The average Bonchev–Trinajstić information content (AvgIpc) is 3.55. The number of aromatic nitrogens is 3. The number of ether oxygens (including phenoxy) is 1. The number of ketones is 1. The van der Waals surface area contributed by atoms with Crippen molar-refractivity contribution in [1.29, 1.82) is 0 Å². The predicted octanol–water partition coefficient (Wildman–Crippen LogP) is 7.13. The van der Waals surface area contributed by atoms with Crippen molar-refractivity contribution >= 4 is 45.4 Å². The maximum absolute atomic E-state index is 14.1. The fraction of sp³-hybridized carbons (Fsp3) is 0.471. The van der Waals surface area contributed by atoms with Gasteiger partial charge in [-0.25, -0.2) is 14.6 Å². The molecule has 3 aromatic rings. The number of carboxylic acid groups (broad SMARTS) is 1. The number of hydrogen-bond acceptors (Lipinski definition) is 7. The maximum Gasteiger partial charge on any atom is 0.411 e. The van der Waals surface area contributed by atoms with E-state index in [2.05, 4.69) is 36.6 Å². The summed E-state index contributed by atoms with van der Waals surface area (Å²) in [5.41, 5.74) is 0.680. The summed E-state index contributed by atoms with van der Waals surface area (Å²) in [5, 5.41) is 19.3. The van der Waals surface area contributed by atoms with E-state index >= 15 is 0 Å². The number of H-pyrrole nitrogens is 1. The molecule has 0 aliphatic heterocycles. The van der Waals surface area contributed by atoms with E-state index in [1.807, 2.05) is 24.3 Å². The molecule has 16 heteroatoms. The van der Waals surface area contributed by atoms with Gasteiger partial charge < -0.3 is 20.5 Å². The largest absolute Gasteiger partial charge is 0.477 e. The molecular formula is C34H38BrF4N5O6. The molecule has 0 radical (unpaired) electrons. The standard InChI is InChI=1S/C34H38BrF4N5O6/c1-32(2,3)50-31(49)40-18-20-4-8-21(9-5-20)26(45)17-23(16-19-6-12-24(35)13-7-19)28(46)41-25-14-10-22(11-15-25)27-42-29(44-43-27)33(36,37)34(38,39)30(47)48/h6-7,10-15,20-21,23H,4-5,8-9,16-18H2,1-3H3,(H,40,49)(H,41,46)(H,47,48)(H,42,43,44). The van der Waals surface area contributed by atoms with Crippen LogP contribution in [-0.4, -0.2) is 62.1 Å². The summed E-state index contributed by atoms with van der Waals surface area (Å²) in [6.45, 7) is 5.81. The van der Waals surface area contributed by atoms with Gasteiger partial charge in [0.15, 0.2) is 5.82 Å². The summed E-state index contributed by atoms with van der Waals surface area (Å²) in [6, 6.07) is 13.0. The number of alkyl halides is 4. The molecule has 1 aliphatic rings. The molecule has 1 saturated carbocycles. The lowest BCUT2D eigenvalue weighted by Crippen LogP contribution is -2.45. The Morgan fingerprint density at radius 2 is 1.60 bits per heavy atom. The van der Waals surface area contributed by atoms with Crippen LogP contribution in [0.25, 0.3) is 11.4 Å². The summed E-state index contributed by atoms with van der Waals surface area (Å²) in [6.07, 6.45) is 2.56. The smallest absolute Gasteiger partial charge is 0.411 e. The molecule has 1 fully saturated rings. The molecule has 11 nitrogen and oxygen atoms in total. The van der Waals surface area contributed by atoms with Crippen LogP contribution in [0.15, 0.2) is 53.0 Å². The van der Waals surface area contributed by atoms with E-state index in [1.165, 1.54) is 24.3 Å². The molecule has 2 amide bonds. The molecule has 4 N–H and O–H groups in total. The number of carbonyl (C=O) groups excluding carboxylic acids is 3. The predicted molar refractivity (Wildman–Crippen MR) is 178 cm³/mol. The fourth-order valence-electron chi connectivity index (χ4n) is 5.56. The number of halogens is 5. The minimum atomic E-state index is -5.42. The number of hydrogen-bond donors (Lipinski definition) is 4. The van der Waals surface area contributed by atoms with Crippen molar-refractivity contribution in [3.63, 3.8) is 0 Å². The van der Waals surface area contributed by atoms with Crippen LogP contribution in [0.2, 0.25) is 0 Å². The van der Waals surface area contributed by atoms with Gasteiger partial charge in [-0.15, -0.1) is 0 Å². The van der Waals surface area contributed by atoms with E-state index in [1.54, 1.807) is 25.9 Å². The van der Waals surface area contributed by atoms with Gasteiger partial charge in [-0.3, -0.25) is 14.7 Å². The number of benzene rings is 2. The Balaban J connectivity index is 1.39. The van der Waals surface area contributed by atoms with Gasteiger partial charge in [0.25, 0.3) is 0 Å². The minimum absolute atomic E-state index is 0.000623. The number of aromatic amines is 1. The lowest BCUT2D eigenvalue weighted by Gasteiger charge is -2.29. The first-order chi connectivity index (χ1) is 23.4. The summed E-state index contributed by atoms with van der Waals surface area (Å²) in [4.78, 5) is 53.1. The number of rotatable bonds is 13. The second-order valence-corrected chi connectivity index (χ2v) is 14.2. The van der Waals surface area contributed by atoms with Crippen molar-refractivity contribution in [3.05, 3.63) is 64.4 Å². The number of amides is 2. The monoisotopic (exact) mass is 767 g/mol. The van der Waals surface area contributed by atoms with Gasteiger partial charge in [0.2, 0.25) is 11.7 Å². The van der Waals surface area contributed by atoms with Gasteiger partial charge in [-0.05, 0) is 101 Å². The van der Waals surface area contributed by atoms with Gasteiger partial charge in [-0.1, -0.05) is 28.1 Å². The van der Waals surface area contributed by atoms with Crippen molar-refractivity contribution in [2.24, 2.45) is 17.8 Å². The molecular weight excluding hydrogens is 730 g/mol. The topological polar surface area (TPSA) is 163 Å². The van der Waals surface area contributed by atoms with Crippen LogP contribution in [0.1, 0.15) is 64.3 Å². The Morgan fingerprint density at radius 3 is 2.18 bits per heavy atom. The average molecular weight is 769 g/mol. The Bertz CT molecular complexity index is 1670. The number of carbonyl (C=O) groups is 4. The highest BCUT2D eigenvalue weighted by molar-refractivity contribution is 9.10. The van der Waals surface area contributed by atoms with Gasteiger partial charge in [0.1, 0.15) is 11.4 Å². The molecule has 2 aromatic carbocycles. The van der Waals surface area contributed by atoms with Gasteiger partial charge in [-0.2, -0.15) is 22.7 Å². The third kappa shape index (κ3) is 9.88. The quantitative estimate of drug-likeness (QED) is 0.134. The molecule has 1 aliphatic carbocycles. The van der Waals surface area contributed by atoms with Gasteiger partial charge in [0.05, 0.1) is 0 Å². The highest BCUT2D eigenvalue weighted by Gasteiger charge is 2.65. The van der Waals surface area contributed by atoms with Crippen molar-refractivity contribution in [2.45, 2.75) is 76.7 Å². The number of nitrogens with one attached hydrogen (secondary N) is 3. The lowest BCUT2D eigenvalue weighted by molar-refractivity contribution is -0.231. The molecule has 0 spiro atoms. The van der Waals surface area contributed by atoms with Crippen LogP contribution >= 0.6 is 15.9 Å². The number of aliphatic carboxylic acids is 1. The van der Waals surface area contributed by atoms with E-state index in [-0.39, 0.29) is 36.0 Å². The second kappa shape index (κ2) is 15.7. The molecule has 50 heavy (non-hydrogen) atoms. The Hall–Kier alpha value is -4.34. The highest BCUT2D eigenvalue weighted by Crippen LogP contribution is 2.42. The third-order valence-electron chi connectivity index (χ3n) is 8.31. The van der Waals surface area contributed by atoms with Crippen LogP contribution in [-0.2, 0) is 31.5 Å². The van der Waals surface area contributed by atoms with Crippen molar-refractivity contribution in [2.75, 3.05) is 11.9 Å². The number of anilines is 1. The Kier molecular flexibility index (Phi) is 12.1. The zero-order valence-corrected chi connectivity index (χ0v) is 29.2. The normalized spacial score (nSPS) is 17.4. The maximum atomic E-state index is 14.1. The fourth-order valence-corrected chi connectivity index (χ4v) is 5.83. The summed E-state index contributed by atoms with van der Waals surface area (Å²) < 4.78 is 61.6. The molecule has 270 valence electrons. The van der Waals surface area contributed by atoms with E-state index in [4.69, 9.17) is 9.84 Å². The summed E-state index contributed by atoms with van der Waals surface area (Å²) >= 11 is 3.39. The van der Waals surface area contributed by atoms with Crippen molar-refractivity contribution < 1.29 is 46.6 Å². The highest BCUT2D eigenvalue weighted by atomic mass is 79.9. The molecule has 0 saturated heterocycles. The Morgan fingerprint density at radius 1 is 0.980 bits per heavy atom. The second-order valence-electron chi connectivity index (χ2n) is 13.3. The van der Waals surface area contributed by atoms with Crippen LogP contribution < -0.4 is 10.6 Å². The SMILES string of the molecule is CC(C)(C)OC(=O)NCC1CCC(C(=O)CC(Cc2ccc(Br)cc2)C(=O)Nc2ccc(-c3n[nH]c(C(F)(F)C(F)(F)C(=O)O)n3)cc2)CC1. The molecule has 1 heterocycles. The first-order valence-corrected chi connectivity index (χ1v) is 16.7. The van der Waals surface area contributed by atoms with Crippen molar-refractivity contribution in [3.8, 4) is 11.4 Å². The Labute approximate surface area is 294 Å². The lowest BCUT2D eigenvalue weighted by atomic mass is 9.77. The molecule has 1 aromatic heterocycles. The minimum Gasteiger partial charge on any atom is -0.477 e. The number of alkyl carbamates (subject to hydrolysis) is 1. The number of Topliss-reactive ketones (excluding diaryl/α,β-unsaturated/α-hetero) is 1. The van der Waals surface area contributed by atoms with E-state index in [0.717, 1.165) is 22.9 Å². The molecule has 0 bridgehead atoms. The van der Waals surface area contributed by atoms with Gasteiger partial charge in [0, 0.05) is 40.5 Å². The third-order valence-corrected chi connectivity index (χ3v) is 8.83. The first kappa shape index (κ1) is 38.5. The van der Waals surface area contributed by atoms with E-state index in [0.29, 0.717) is 25.1 Å². The van der Waals surface area contributed by atoms with Crippen molar-refractivity contribution in [1.82, 2.24) is 20.5 Å². The summed E-state index contributed by atoms with van der Waals surface area (Å²) in [7, 11) is 0. The zero-order chi connectivity index (χ0) is 36.9. The van der Waals surface area contributed by atoms with Crippen LogP contribution in [0.3, 0.4) is 0 Å².